The van der Waals surface area contributed by atoms with Gasteiger partial charge in [0, 0.05) is 11.6 Å². The van der Waals surface area contributed by atoms with E-state index < -0.39 is 0 Å². The summed E-state index contributed by atoms with van der Waals surface area (Å²) in [5.41, 5.74) is 7.04. The maximum atomic E-state index is 13.3. The zero-order valence-corrected chi connectivity index (χ0v) is 8.53. The van der Waals surface area contributed by atoms with Gasteiger partial charge in [0.1, 0.15) is 5.82 Å². The van der Waals surface area contributed by atoms with Crippen LogP contribution in [0.5, 0.6) is 0 Å². The van der Waals surface area contributed by atoms with Crippen LogP contribution in [-0.4, -0.2) is 0 Å². The average Bonchev–Trinajstić information content (AvgIpc) is 2.12. The van der Waals surface area contributed by atoms with Gasteiger partial charge in [0.2, 0.25) is 0 Å². The van der Waals surface area contributed by atoms with Crippen molar-refractivity contribution in [3.05, 3.63) is 34.1 Å². The van der Waals surface area contributed by atoms with E-state index >= 15 is 0 Å². The van der Waals surface area contributed by atoms with Gasteiger partial charge in [0.15, 0.2) is 0 Å². The summed E-state index contributed by atoms with van der Waals surface area (Å²) in [6.45, 7) is 3.75. The Labute approximate surface area is 82.7 Å². The van der Waals surface area contributed by atoms with E-state index in [1.165, 1.54) is 6.07 Å². The molecule has 1 aromatic rings. The molecule has 0 heterocycles. The summed E-state index contributed by atoms with van der Waals surface area (Å²) in [6.07, 6.45) is 0.681. The Morgan fingerprint density at radius 3 is 2.69 bits per heavy atom. The number of halogens is 2. The van der Waals surface area contributed by atoms with Gasteiger partial charge < -0.3 is 5.73 Å². The molecule has 0 aliphatic carbocycles. The molecule has 0 aliphatic heterocycles. The van der Waals surface area contributed by atoms with Crippen molar-refractivity contribution < 1.29 is 4.39 Å². The fourth-order valence-corrected chi connectivity index (χ4v) is 1.52. The molecule has 1 nitrogen and oxygen atoms in total. The van der Waals surface area contributed by atoms with E-state index in [1.807, 2.05) is 13.8 Å². The van der Waals surface area contributed by atoms with Crippen molar-refractivity contribution in [3.63, 3.8) is 0 Å². The summed E-state index contributed by atoms with van der Waals surface area (Å²) in [4.78, 5) is 0. The molecule has 1 rings (SSSR count). The van der Waals surface area contributed by atoms with Gasteiger partial charge in [0.05, 0.1) is 5.02 Å². The summed E-state index contributed by atoms with van der Waals surface area (Å²) in [5, 5.41) is 0.453. The van der Waals surface area contributed by atoms with Gasteiger partial charge in [-0.15, -0.1) is 0 Å². The smallest absolute Gasteiger partial charge is 0.129 e. The van der Waals surface area contributed by atoms with Gasteiger partial charge in [-0.2, -0.15) is 0 Å². The van der Waals surface area contributed by atoms with Gasteiger partial charge >= 0.3 is 0 Å². The quantitative estimate of drug-likeness (QED) is 0.782. The summed E-state index contributed by atoms with van der Waals surface area (Å²) in [6, 6.07) is 2.75. The van der Waals surface area contributed by atoms with Crippen molar-refractivity contribution in [2.24, 2.45) is 5.73 Å². The van der Waals surface area contributed by atoms with Crippen molar-refractivity contribution >= 4 is 11.6 Å². The molecule has 1 atom stereocenters. The van der Waals surface area contributed by atoms with E-state index in [2.05, 4.69) is 0 Å². The maximum absolute atomic E-state index is 13.3. The number of hydrogen-bond donors (Lipinski definition) is 1. The zero-order chi connectivity index (χ0) is 10.0. The normalized spacial score (nSPS) is 13.0. The third kappa shape index (κ3) is 2.01. The van der Waals surface area contributed by atoms with E-state index in [0.29, 0.717) is 17.0 Å². The van der Waals surface area contributed by atoms with Crippen LogP contribution >= 0.6 is 11.6 Å². The third-order valence-electron chi connectivity index (χ3n) is 2.13. The predicted molar refractivity (Wildman–Crippen MR) is 53.4 cm³/mol. The SMILES string of the molecule is CC[C@@H](N)c1c(F)ccc(C)c1Cl. The van der Waals surface area contributed by atoms with Crippen LogP contribution in [0.3, 0.4) is 0 Å². The first kappa shape index (κ1) is 10.5. The second-order valence-electron chi connectivity index (χ2n) is 3.11. The third-order valence-corrected chi connectivity index (χ3v) is 2.63. The molecular formula is C10H13ClFN. The molecule has 0 spiro atoms. The van der Waals surface area contributed by atoms with Crippen LogP contribution in [0, 0.1) is 12.7 Å². The van der Waals surface area contributed by atoms with Gasteiger partial charge in [-0.3, -0.25) is 0 Å². The lowest BCUT2D eigenvalue weighted by Crippen LogP contribution is -2.11. The number of rotatable bonds is 2. The molecule has 0 aliphatic rings. The second kappa shape index (κ2) is 4.07. The van der Waals surface area contributed by atoms with Crippen molar-refractivity contribution in [1.82, 2.24) is 0 Å². The molecule has 13 heavy (non-hydrogen) atoms. The molecule has 0 aromatic heterocycles. The molecule has 0 radical (unpaired) electrons. The molecule has 1 aromatic carbocycles. The first-order valence-electron chi connectivity index (χ1n) is 4.28. The molecule has 3 heteroatoms. The molecule has 0 saturated heterocycles. The molecule has 0 bridgehead atoms. The first-order valence-corrected chi connectivity index (χ1v) is 4.65. The Bertz CT molecular complexity index is 312. The van der Waals surface area contributed by atoms with Crippen molar-refractivity contribution in [1.29, 1.82) is 0 Å². The van der Waals surface area contributed by atoms with Crippen LogP contribution in [0.2, 0.25) is 5.02 Å². The molecule has 0 unspecified atom stereocenters. The molecule has 0 saturated carbocycles. The van der Waals surface area contributed by atoms with Crippen LogP contribution in [0.4, 0.5) is 4.39 Å². The lowest BCUT2D eigenvalue weighted by Gasteiger charge is -2.13. The van der Waals surface area contributed by atoms with Gasteiger partial charge in [0.25, 0.3) is 0 Å². The minimum absolute atomic E-state index is 0.313. The van der Waals surface area contributed by atoms with Gasteiger partial charge in [-0.25, -0.2) is 4.39 Å². The van der Waals surface area contributed by atoms with Crippen molar-refractivity contribution in [2.45, 2.75) is 26.3 Å². The second-order valence-corrected chi connectivity index (χ2v) is 3.48. The number of aryl methyl sites for hydroxylation is 1. The number of benzene rings is 1. The summed E-state index contributed by atoms with van der Waals surface area (Å²) in [5.74, 6) is -0.315. The lowest BCUT2D eigenvalue weighted by molar-refractivity contribution is 0.575. The van der Waals surface area contributed by atoms with E-state index in [1.54, 1.807) is 6.07 Å². The Morgan fingerprint density at radius 1 is 1.54 bits per heavy atom. The largest absolute Gasteiger partial charge is 0.324 e. The van der Waals surface area contributed by atoms with E-state index in [-0.39, 0.29) is 11.9 Å². The highest BCUT2D eigenvalue weighted by atomic mass is 35.5. The highest BCUT2D eigenvalue weighted by molar-refractivity contribution is 6.32. The molecular weight excluding hydrogens is 189 g/mol. The minimum Gasteiger partial charge on any atom is -0.324 e. The van der Waals surface area contributed by atoms with Crippen molar-refractivity contribution in [2.75, 3.05) is 0 Å². The number of hydrogen-bond acceptors (Lipinski definition) is 1. The number of nitrogens with two attached hydrogens (primary N) is 1. The van der Waals surface area contributed by atoms with E-state index in [4.69, 9.17) is 17.3 Å². The Morgan fingerprint density at radius 2 is 2.15 bits per heavy atom. The van der Waals surface area contributed by atoms with Crippen LogP contribution in [-0.2, 0) is 0 Å². The molecule has 0 amide bonds. The van der Waals surface area contributed by atoms with Gasteiger partial charge in [-0.05, 0) is 25.0 Å². The standard InChI is InChI=1S/C10H13ClFN/c1-3-8(13)9-7(12)5-4-6(2)10(9)11/h4-5,8H,3,13H2,1-2H3/t8-/m1/s1. The zero-order valence-electron chi connectivity index (χ0n) is 7.77. The highest BCUT2D eigenvalue weighted by Crippen LogP contribution is 2.28. The van der Waals surface area contributed by atoms with Crippen LogP contribution in [0.25, 0.3) is 0 Å². The summed E-state index contributed by atoms with van der Waals surface area (Å²) in [7, 11) is 0. The lowest BCUT2D eigenvalue weighted by atomic mass is 10.0. The molecule has 72 valence electrons. The fraction of sp³-hybridized carbons (Fsp3) is 0.400. The first-order chi connectivity index (χ1) is 6.07. The van der Waals surface area contributed by atoms with Crippen LogP contribution < -0.4 is 5.73 Å². The maximum Gasteiger partial charge on any atom is 0.129 e. The Balaban J connectivity index is 3.25. The van der Waals surface area contributed by atoms with E-state index in [0.717, 1.165) is 5.56 Å². The topological polar surface area (TPSA) is 26.0 Å². The monoisotopic (exact) mass is 201 g/mol. The molecule has 0 fully saturated rings. The summed E-state index contributed by atoms with van der Waals surface area (Å²) < 4.78 is 13.3. The highest BCUT2D eigenvalue weighted by Gasteiger charge is 2.14. The van der Waals surface area contributed by atoms with Gasteiger partial charge in [-0.1, -0.05) is 24.6 Å². The average molecular weight is 202 g/mol. The van der Waals surface area contributed by atoms with Crippen molar-refractivity contribution in [3.8, 4) is 0 Å². The fourth-order valence-electron chi connectivity index (χ4n) is 1.22. The van der Waals surface area contributed by atoms with Crippen LogP contribution in [0.15, 0.2) is 12.1 Å². The molecule has 2 N–H and O–H groups in total. The Kier molecular flexibility index (Phi) is 3.28. The van der Waals surface area contributed by atoms with E-state index in [9.17, 15) is 4.39 Å². The Hall–Kier alpha value is -0.600. The minimum atomic E-state index is -0.315. The summed E-state index contributed by atoms with van der Waals surface area (Å²) >= 11 is 5.95. The van der Waals surface area contributed by atoms with Crippen LogP contribution in [0.1, 0.15) is 30.5 Å². The predicted octanol–water partition coefficient (Wildman–Crippen LogP) is 3.20.